The first kappa shape index (κ1) is 11.6. The van der Waals surface area contributed by atoms with E-state index < -0.39 is 0 Å². The van der Waals surface area contributed by atoms with Gasteiger partial charge in [-0.05, 0) is 36.6 Å². The Morgan fingerprint density at radius 2 is 2.00 bits per heavy atom. The number of hydrogen-bond acceptors (Lipinski definition) is 1. The lowest BCUT2D eigenvalue weighted by atomic mass is 10.0. The van der Waals surface area contributed by atoms with E-state index in [0.717, 1.165) is 10.8 Å². The second-order valence-corrected chi connectivity index (χ2v) is 5.08. The minimum Gasteiger partial charge on any atom is -0.253 e. The third-order valence-electron chi connectivity index (χ3n) is 2.81. The first-order valence-electron chi connectivity index (χ1n) is 5.58. The molecule has 0 aliphatic heterocycles. The van der Waals surface area contributed by atoms with Gasteiger partial charge in [-0.2, -0.15) is 0 Å². The summed E-state index contributed by atoms with van der Waals surface area (Å²) in [6.45, 7) is 6.48. The Kier molecular flexibility index (Phi) is 3.29. The lowest BCUT2D eigenvalue weighted by Crippen LogP contribution is -1.96. The van der Waals surface area contributed by atoms with Crippen LogP contribution in [0.4, 0.5) is 0 Å². The van der Waals surface area contributed by atoms with Gasteiger partial charge in [0.25, 0.3) is 0 Å². The van der Waals surface area contributed by atoms with E-state index in [0.29, 0.717) is 5.92 Å². The number of alkyl halides is 1. The summed E-state index contributed by atoms with van der Waals surface area (Å²) in [5.74, 6) is 0.475. The van der Waals surface area contributed by atoms with Crippen LogP contribution in [0.1, 0.15) is 36.6 Å². The molecule has 1 nitrogen and oxygen atoms in total. The molecule has 0 atom stereocenters. The molecule has 0 unspecified atom stereocenters. The molecule has 0 saturated heterocycles. The highest BCUT2D eigenvalue weighted by Crippen LogP contribution is 2.24. The highest BCUT2D eigenvalue weighted by Gasteiger charge is 2.07. The molecule has 2 heteroatoms. The second-order valence-electron chi connectivity index (χ2n) is 4.52. The van der Waals surface area contributed by atoms with E-state index in [1.54, 1.807) is 0 Å². The van der Waals surface area contributed by atoms with Crippen molar-refractivity contribution >= 4 is 26.8 Å². The van der Waals surface area contributed by atoms with Crippen molar-refractivity contribution in [1.29, 1.82) is 0 Å². The molecule has 0 N–H and O–H groups in total. The van der Waals surface area contributed by atoms with Gasteiger partial charge in [-0.25, -0.2) is 0 Å². The van der Waals surface area contributed by atoms with Gasteiger partial charge in [0, 0.05) is 16.4 Å². The summed E-state index contributed by atoms with van der Waals surface area (Å²) in [7, 11) is 0. The van der Waals surface area contributed by atoms with Gasteiger partial charge in [0.1, 0.15) is 0 Å². The number of rotatable bonds is 2. The van der Waals surface area contributed by atoms with Crippen LogP contribution in [0.2, 0.25) is 0 Å². The van der Waals surface area contributed by atoms with Gasteiger partial charge < -0.3 is 0 Å². The lowest BCUT2D eigenvalue weighted by Gasteiger charge is -2.10. The minimum absolute atomic E-state index is 0.475. The zero-order valence-corrected chi connectivity index (χ0v) is 11.5. The number of hydrogen-bond donors (Lipinski definition) is 0. The Morgan fingerprint density at radius 3 is 2.62 bits per heavy atom. The van der Waals surface area contributed by atoms with Crippen LogP contribution in [0, 0.1) is 6.92 Å². The predicted molar refractivity (Wildman–Crippen MR) is 73.2 cm³/mol. The maximum Gasteiger partial charge on any atom is 0.0708 e. The number of pyridine rings is 1. The van der Waals surface area contributed by atoms with Crippen molar-refractivity contribution in [1.82, 2.24) is 4.98 Å². The van der Waals surface area contributed by atoms with Crippen molar-refractivity contribution in [3.8, 4) is 0 Å². The number of benzene rings is 1. The molecule has 0 aliphatic rings. The molecule has 0 saturated carbocycles. The van der Waals surface area contributed by atoms with Gasteiger partial charge in [-0.1, -0.05) is 41.4 Å². The smallest absolute Gasteiger partial charge is 0.0708 e. The summed E-state index contributed by atoms with van der Waals surface area (Å²) in [6.07, 6.45) is 0. The van der Waals surface area contributed by atoms with Crippen LogP contribution in [0.15, 0.2) is 24.3 Å². The van der Waals surface area contributed by atoms with Crippen molar-refractivity contribution in [3.05, 3.63) is 41.1 Å². The molecule has 0 spiro atoms. The van der Waals surface area contributed by atoms with Gasteiger partial charge in [-0.3, -0.25) is 4.98 Å². The molecule has 1 aromatic heterocycles. The van der Waals surface area contributed by atoms with Gasteiger partial charge >= 0.3 is 0 Å². The molecule has 1 aromatic carbocycles. The van der Waals surface area contributed by atoms with Crippen LogP contribution in [0.5, 0.6) is 0 Å². The summed E-state index contributed by atoms with van der Waals surface area (Å²) in [5, 5.41) is 2.15. The van der Waals surface area contributed by atoms with Crippen LogP contribution in [-0.4, -0.2) is 4.98 Å². The molecule has 0 amide bonds. The highest BCUT2D eigenvalue weighted by molar-refractivity contribution is 9.08. The fourth-order valence-corrected chi connectivity index (χ4v) is 2.30. The first-order chi connectivity index (χ1) is 7.61. The Hall–Kier alpha value is -0.890. The number of aryl methyl sites for hydroxylation is 1. The Bertz CT molecular complexity index is 517. The summed E-state index contributed by atoms with van der Waals surface area (Å²) in [6, 6.07) is 8.66. The van der Waals surface area contributed by atoms with E-state index in [9.17, 15) is 0 Å². The standard InChI is InChI=1S/C14H16BrN/c1-9(2)14-7-11(8-15)12-6-10(3)4-5-13(12)16-14/h4-7,9H,8H2,1-3H3. The minimum atomic E-state index is 0.475. The van der Waals surface area contributed by atoms with E-state index in [1.165, 1.54) is 22.2 Å². The van der Waals surface area contributed by atoms with E-state index >= 15 is 0 Å². The third kappa shape index (κ3) is 2.12. The zero-order valence-electron chi connectivity index (χ0n) is 9.92. The average molecular weight is 278 g/mol. The molecular formula is C14H16BrN. The third-order valence-corrected chi connectivity index (χ3v) is 3.41. The monoisotopic (exact) mass is 277 g/mol. The fourth-order valence-electron chi connectivity index (χ4n) is 1.84. The molecule has 0 bridgehead atoms. The molecule has 0 aliphatic carbocycles. The number of nitrogens with zero attached hydrogens (tertiary/aromatic N) is 1. The van der Waals surface area contributed by atoms with Crippen molar-refractivity contribution in [3.63, 3.8) is 0 Å². The maximum atomic E-state index is 4.70. The molecule has 84 valence electrons. The van der Waals surface area contributed by atoms with Gasteiger partial charge in [0.05, 0.1) is 5.52 Å². The summed E-state index contributed by atoms with van der Waals surface area (Å²) >= 11 is 3.56. The Labute approximate surface area is 105 Å². The fraction of sp³-hybridized carbons (Fsp3) is 0.357. The van der Waals surface area contributed by atoms with Gasteiger partial charge in [0.2, 0.25) is 0 Å². The van der Waals surface area contributed by atoms with Crippen molar-refractivity contribution < 1.29 is 0 Å². The lowest BCUT2D eigenvalue weighted by molar-refractivity contribution is 0.828. The van der Waals surface area contributed by atoms with Crippen LogP contribution in [-0.2, 0) is 5.33 Å². The van der Waals surface area contributed by atoms with Crippen molar-refractivity contribution in [2.45, 2.75) is 32.0 Å². The SMILES string of the molecule is Cc1ccc2nc(C(C)C)cc(CBr)c2c1. The van der Waals surface area contributed by atoms with E-state index in [1.807, 2.05) is 0 Å². The normalized spacial score (nSPS) is 11.3. The number of halogens is 1. The van der Waals surface area contributed by atoms with Gasteiger partial charge in [-0.15, -0.1) is 0 Å². The molecule has 16 heavy (non-hydrogen) atoms. The number of fused-ring (bicyclic) bond motifs is 1. The highest BCUT2D eigenvalue weighted by atomic mass is 79.9. The Morgan fingerprint density at radius 1 is 1.25 bits per heavy atom. The quantitative estimate of drug-likeness (QED) is 0.734. The maximum absolute atomic E-state index is 4.70. The summed E-state index contributed by atoms with van der Waals surface area (Å²) in [4.78, 5) is 4.70. The first-order valence-corrected chi connectivity index (χ1v) is 6.70. The molecule has 0 radical (unpaired) electrons. The molecule has 2 rings (SSSR count). The Balaban J connectivity index is 2.73. The van der Waals surface area contributed by atoms with Crippen LogP contribution < -0.4 is 0 Å². The molecule has 2 aromatic rings. The molecular weight excluding hydrogens is 262 g/mol. The molecule has 1 heterocycles. The average Bonchev–Trinajstić information content (AvgIpc) is 2.27. The van der Waals surface area contributed by atoms with Crippen molar-refractivity contribution in [2.24, 2.45) is 0 Å². The van der Waals surface area contributed by atoms with Crippen LogP contribution in [0.25, 0.3) is 10.9 Å². The topological polar surface area (TPSA) is 12.9 Å². The zero-order chi connectivity index (χ0) is 11.7. The summed E-state index contributed by atoms with van der Waals surface area (Å²) in [5.41, 5.74) is 4.89. The van der Waals surface area contributed by atoms with E-state index in [-0.39, 0.29) is 0 Å². The van der Waals surface area contributed by atoms with Crippen LogP contribution in [0.3, 0.4) is 0 Å². The number of aromatic nitrogens is 1. The van der Waals surface area contributed by atoms with E-state index in [4.69, 9.17) is 4.98 Å². The predicted octanol–water partition coefficient (Wildman–Crippen LogP) is 4.56. The van der Waals surface area contributed by atoms with E-state index in [2.05, 4.69) is 61.0 Å². The largest absolute Gasteiger partial charge is 0.253 e. The van der Waals surface area contributed by atoms with Crippen LogP contribution >= 0.6 is 15.9 Å². The van der Waals surface area contributed by atoms with Gasteiger partial charge in [0.15, 0.2) is 0 Å². The van der Waals surface area contributed by atoms with Crippen molar-refractivity contribution in [2.75, 3.05) is 0 Å². The summed E-state index contributed by atoms with van der Waals surface area (Å²) < 4.78 is 0. The molecule has 0 fully saturated rings. The second kappa shape index (κ2) is 4.54.